The van der Waals surface area contributed by atoms with Crippen molar-refractivity contribution in [2.75, 3.05) is 13.0 Å². The molecule has 104 valence electrons. The third-order valence-electron chi connectivity index (χ3n) is 3.27. The average Bonchev–Trinajstić information content (AvgIpc) is 3.08. The number of methoxy groups -OCH3 is 1. The van der Waals surface area contributed by atoms with Crippen LogP contribution < -0.4 is 4.74 Å². The molecule has 0 aliphatic rings. The number of halogens is 1. The highest BCUT2D eigenvalue weighted by atomic mass is 35.5. The lowest BCUT2D eigenvalue weighted by Crippen LogP contribution is -2.05. The van der Waals surface area contributed by atoms with Gasteiger partial charge in [-0.05, 0) is 34.5 Å². The third-order valence-corrected chi connectivity index (χ3v) is 4.19. The zero-order valence-corrected chi connectivity index (χ0v) is 12.7. The molecule has 0 radical (unpaired) electrons. The van der Waals surface area contributed by atoms with Crippen LogP contribution in [-0.2, 0) is 13.0 Å². The molecule has 20 heavy (non-hydrogen) atoms. The molecule has 0 fully saturated rings. The van der Waals surface area contributed by atoms with E-state index in [1.807, 2.05) is 18.2 Å². The number of alkyl halides is 1. The zero-order valence-electron chi connectivity index (χ0n) is 11.2. The van der Waals surface area contributed by atoms with Crippen molar-refractivity contribution < 1.29 is 4.74 Å². The number of aryl methyl sites for hydroxylation is 1. The molecule has 0 N–H and O–H groups in total. The Morgan fingerprint density at radius 3 is 2.95 bits per heavy atom. The van der Waals surface area contributed by atoms with Crippen LogP contribution in [0.5, 0.6) is 5.75 Å². The Balaban J connectivity index is 2.11. The van der Waals surface area contributed by atoms with Gasteiger partial charge >= 0.3 is 0 Å². The summed E-state index contributed by atoms with van der Waals surface area (Å²) in [5.74, 6) is 2.44. The fraction of sp³-hybridized carbons (Fsp3) is 0.267. The average molecular weight is 307 g/mol. The minimum absolute atomic E-state index is 0.574. The first-order valence-electron chi connectivity index (χ1n) is 6.42. The fourth-order valence-electron chi connectivity index (χ4n) is 2.30. The standard InChI is InChI=1S/C15H15ClN2OS/c1-19-12-2-3-13-14(8-12)18(15(17-13)4-6-16)9-11-5-7-20-10-11/h2-3,5,7-8,10H,4,6,9H2,1H3. The third kappa shape index (κ3) is 2.53. The second-order valence-corrected chi connectivity index (χ2v) is 5.70. The molecule has 0 saturated carbocycles. The molecule has 2 aromatic heterocycles. The van der Waals surface area contributed by atoms with E-state index in [1.165, 1.54) is 5.56 Å². The highest BCUT2D eigenvalue weighted by Gasteiger charge is 2.12. The predicted molar refractivity (Wildman–Crippen MR) is 84.1 cm³/mol. The van der Waals surface area contributed by atoms with Crippen LogP contribution >= 0.6 is 22.9 Å². The van der Waals surface area contributed by atoms with Crippen LogP contribution in [0.3, 0.4) is 0 Å². The predicted octanol–water partition coefficient (Wildman–Crippen LogP) is 3.94. The first-order valence-corrected chi connectivity index (χ1v) is 7.89. The lowest BCUT2D eigenvalue weighted by Gasteiger charge is -2.08. The number of imidazole rings is 1. The van der Waals surface area contributed by atoms with E-state index in [0.29, 0.717) is 5.88 Å². The van der Waals surface area contributed by atoms with Gasteiger partial charge in [0.2, 0.25) is 0 Å². The number of nitrogens with zero attached hydrogens (tertiary/aromatic N) is 2. The van der Waals surface area contributed by atoms with Gasteiger partial charge in [-0.1, -0.05) is 0 Å². The Kier molecular flexibility index (Phi) is 3.94. The van der Waals surface area contributed by atoms with Gasteiger partial charge in [0, 0.05) is 18.4 Å². The van der Waals surface area contributed by atoms with Crippen molar-refractivity contribution in [3.05, 3.63) is 46.4 Å². The number of rotatable bonds is 5. The van der Waals surface area contributed by atoms with Crippen LogP contribution in [0.4, 0.5) is 0 Å². The van der Waals surface area contributed by atoms with E-state index in [-0.39, 0.29) is 0 Å². The van der Waals surface area contributed by atoms with E-state index in [0.717, 1.165) is 35.6 Å². The molecule has 0 amide bonds. The lowest BCUT2D eigenvalue weighted by atomic mass is 10.2. The summed E-state index contributed by atoms with van der Waals surface area (Å²) >= 11 is 7.61. The number of thiophene rings is 1. The number of ether oxygens (including phenoxy) is 1. The normalized spacial score (nSPS) is 11.1. The monoisotopic (exact) mass is 306 g/mol. The number of aromatic nitrogens is 2. The highest BCUT2D eigenvalue weighted by molar-refractivity contribution is 7.07. The van der Waals surface area contributed by atoms with Gasteiger partial charge in [0.25, 0.3) is 0 Å². The van der Waals surface area contributed by atoms with Crippen LogP contribution in [0.1, 0.15) is 11.4 Å². The van der Waals surface area contributed by atoms with Gasteiger partial charge in [0.15, 0.2) is 0 Å². The van der Waals surface area contributed by atoms with Gasteiger partial charge in [-0.3, -0.25) is 0 Å². The number of hydrogen-bond donors (Lipinski definition) is 0. The molecule has 3 aromatic rings. The first kappa shape index (κ1) is 13.5. The molecule has 5 heteroatoms. The number of benzene rings is 1. The van der Waals surface area contributed by atoms with E-state index >= 15 is 0 Å². The molecule has 0 aliphatic carbocycles. The molecule has 0 spiro atoms. The summed E-state index contributed by atoms with van der Waals surface area (Å²) in [7, 11) is 1.68. The Labute approximate surface area is 126 Å². The minimum atomic E-state index is 0.574. The quantitative estimate of drug-likeness (QED) is 0.668. The molecule has 0 bridgehead atoms. The van der Waals surface area contributed by atoms with Crippen molar-refractivity contribution in [3.8, 4) is 5.75 Å². The van der Waals surface area contributed by atoms with E-state index in [1.54, 1.807) is 18.4 Å². The highest BCUT2D eigenvalue weighted by Crippen LogP contribution is 2.24. The summed E-state index contributed by atoms with van der Waals surface area (Å²) < 4.78 is 7.54. The second-order valence-electron chi connectivity index (χ2n) is 4.54. The van der Waals surface area contributed by atoms with Crippen LogP contribution in [0.15, 0.2) is 35.0 Å². The number of fused-ring (bicyclic) bond motifs is 1. The summed E-state index contributed by atoms with van der Waals surface area (Å²) in [5.41, 5.74) is 3.37. The molecular weight excluding hydrogens is 292 g/mol. The summed E-state index contributed by atoms with van der Waals surface area (Å²) in [6, 6.07) is 8.11. The summed E-state index contributed by atoms with van der Waals surface area (Å²) in [5, 5.41) is 4.26. The Bertz CT molecular complexity index is 706. The Morgan fingerprint density at radius 2 is 2.25 bits per heavy atom. The lowest BCUT2D eigenvalue weighted by molar-refractivity contribution is 0.415. The van der Waals surface area contributed by atoms with Crippen molar-refractivity contribution in [2.24, 2.45) is 0 Å². The Morgan fingerprint density at radius 1 is 1.35 bits per heavy atom. The molecule has 3 nitrogen and oxygen atoms in total. The van der Waals surface area contributed by atoms with E-state index in [4.69, 9.17) is 16.3 Å². The first-order chi connectivity index (χ1) is 9.81. The molecular formula is C15H15ClN2OS. The van der Waals surface area contributed by atoms with Crippen molar-refractivity contribution in [1.29, 1.82) is 0 Å². The number of hydrogen-bond acceptors (Lipinski definition) is 3. The molecule has 0 unspecified atom stereocenters. The summed E-state index contributed by atoms with van der Waals surface area (Å²) in [6.07, 6.45) is 0.767. The largest absolute Gasteiger partial charge is 0.497 e. The SMILES string of the molecule is COc1ccc2nc(CCCl)n(Cc3ccsc3)c2c1. The molecule has 0 atom stereocenters. The second kappa shape index (κ2) is 5.85. The van der Waals surface area contributed by atoms with Crippen molar-refractivity contribution in [1.82, 2.24) is 9.55 Å². The van der Waals surface area contributed by atoms with Gasteiger partial charge in [-0.15, -0.1) is 11.6 Å². The molecule has 3 rings (SSSR count). The molecule has 0 aliphatic heterocycles. The molecule has 1 aromatic carbocycles. The zero-order chi connectivity index (χ0) is 13.9. The maximum atomic E-state index is 5.90. The van der Waals surface area contributed by atoms with Crippen LogP contribution in [0.25, 0.3) is 11.0 Å². The van der Waals surface area contributed by atoms with Crippen LogP contribution in [0.2, 0.25) is 0 Å². The van der Waals surface area contributed by atoms with E-state index in [9.17, 15) is 0 Å². The van der Waals surface area contributed by atoms with Crippen molar-refractivity contribution >= 4 is 34.0 Å². The van der Waals surface area contributed by atoms with E-state index < -0.39 is 0 Å². The van der Waals surface area contributed by atoms with Crippen LogP contribution in [0, 0.1) is 0 Å². The van der Waals surface area contributed by atoms with Gasteiger partial charge < -0.3 is 9.30 Å². The maximum Gasteiger partial charge on any atom is 0.121 e. The van der Waals surface area contributed by atoms with Gasteiger partial charge in [0.1, 0.15) is 11.6 Å². The van der Waals surface area contributed by atoms with E-state index in [2.05, 4.69) is 26.4 Å². The topological polar surface area (TPSA) is 27.1 Å². The smallest absolute Gasteiger partial charge is 0.121 e. The molecule has 2 heterocycles. The maximum absolute atomic E-state index is 5.90. The van der Waals surface area contributed by atoms with Crippen molar-refractivity contribution in [2.45, 2.75) is 13.0 Å². The van der Waals surface area contributed by atoms with Gasteiger partial charge in [-0.25, -0.2) is 4.98 Å². The van der Waals surface area contributed by atoms with Gasteiger partial charge in [-0.2, -0.15) is 11.3 Å². The van der Waals surface area contributed by atoms with Crippen molar-refractivity contribution in [3.63, 3.8) is 0 Å². The van der Waals surface area contributed by atoms with Crippen LogP contribution in [-0.4, -0.2) is 22.5 Å². The summed E-state index contributed by atoms with van der Waals surface area (Å²) in [4.78, 5) is 4.68. The minimum Gasteiger partial charge on any atom is -0.497 e. The fourth-order valence-corrected chi connectivity index (χ4v) is 3.13. The molecule has 0 saturated heterocycles. The Hall–Kier alpha value is -1.52. The van der Waals surface area contributed by atoms with Gasteiger partial charge in [0.05, 0.1) is 24.7 Å². The summed E-state index contributed by atoms with van der Waals surface area (Å²) in [6.45, 7) is 0.819.